The van der Waals surface area contributed by atoms with Crippen LogP contribution in [0.3, 0.4) is 0 Å². The third kappa shape index (κ3) is 8.28. The highest BCUT2D eigenvalue weighted by molar-refractivity contribution is 6.06. The first-order valence-electron chi connectivity index (χ1n) is 23.3. The SMILES string of the molecule is C=CC(=O)Nc1cc(Nc2nc(-c3ccnc(N4CCn5c(cc6c5CC(C)(C)C6)C4=O)c3CO)cnc2OC)ccc1N1CCN(C2CCN(c3ccc4c(c3)CCOC4)CC2)CC1C. The first-order valence-corrected chi connectivity index (χ1v) is 23.3. The largest absolute Gasteiger partial charge is 0.478 e. The zero-order valence-electron chi connectivity index (χ0n) is 38.5. The van der Waals surface area contributed by atoms with Gasteiger partial charge in [0.1, 0.15) is 11.5 Å². The standard InChI is InChI=1S/C51H60N10O5/c1-6-46(63)55-41-25-36(8-10-43(41)59-19-18-58(29-32(59)2)37-12-16-57(17-13-37)38-9-7-34-31-66-22-14-33(34)23-38)54-47-49(65-5)53-28-42(56-47)39-11-15-52-48(40(39)30-62)61-21-20-60-44(50(61)64)24-35-26-51(3,4)27-45(35)60/h6-11,15,23-25,28,32,37,62H,1,12-14,16-22,26-27,29-31H2,2-5H3,(H,54,56)(H,55,63). The second kappa shape index (κ2) is 17.8. The molecule has 10 rings (SSSR count). The van der Waals surface area contributed by atoms with Crippen molar-refractivity contribution in [2.45, 2.75) is 84.7 Å². The van der Waals surface area contributed by atoms with Crippen molar-refractivity contribution in [3.8, 4) is 17.1 Å². The zero-order valence-corrected chi connectivity index (χ0v) is 38.5. The molecule has 3 aromatic heterocycles. The van der Waals surface area contributed by atoms with Crippen LogP contribution in [0.4, 0.5) is 34.4 Å². The molecule has 2 amide bonds. The maximum absolute atomic E-state index is 14.0. The molecule has 5 aliphatic rings. The molecular formula is C51H60N10O5. The van der Waals surface area contributed by atoms with Gasteiger partial charge in [-0.2, -0.15) is 0 Å². The van der Waals surface area contributed by atoms with E-state index in [1.165, 1.54) is 41.3 Å². The van der Waals surface area contributed by atoms with Gasteiger partial charge in [0.25, 0.3) is 11.8 Å². The summed E-state index contributed by atoms with van der Waals surface area (Å²) in [6.07, 6.45) is 9.62. The van der Waals surface area contributed by atoms with Crippen LogP contribution in [0.25, 0.3) is 11.3 Å². The number of hydrogen-bond donors (Lipinski definition) is 3. The van der Waals surface area contributed by atoms with Gasteiger partial charge in [-0.25, -0.2) is 15.0 Å². The van der Waals surface area contributed by atoms with Gasteiger partial charge in [0.2, 0.25) is 5.91 Å². The lowest BCUT2D eigenvalue weighted by Crippen LogP contribution is -2.57. The van der Waals surface area contributed by atoms with E-state index in [2.05, 4.69) is 85.4 Å². The van der Waals surface area contributed by atoms with E-state index in [1.807, 2.05) is 24.3 Å². The highest BCUT2D eigenvalue weighted by Gasteiger charge is 2.38. The van der Waals surface area contributed by atoms with Crippen LogP contribution in [-0.4, -0.2) is 106 Å². The molecule has 1 aliphatic carbocycles. The predicted octanol–water partition coefficient (Wildman–Crippen LogP) is 6.75. The normalized spacial score (nSPS) is 19.6. The number of pyridine rings is 1. The summed E-state index contributed by atoms with van der Waals surface area (Å²) in [6.45, 7) is 17.5. The molecule has 344 valence electrons. The molecule has 0 radical (unpaired) electrons. The van der Waals surface area contributed by atoms with E-state index in [0.717, 1.165) is 77.1 Å². The molecule has 7 heterocycles. The Balaban J connectivity index is 0.850. The van der Waals surface area contributed by atoms with Crippen LogP contribution < -0.4 is 30.1 Å². The average molecular weight is 893 g/mol. The van der Waals surface area contributed by atoms with Gasteiger partial charge in [0.05, 0.1) is 50.2 Å². The summed E-state index contributed by atoms with van der Waals surface area (Å²) in [4.78, 5) is 50.4. The Kier molecular flexibility index (Phi) is 11.8. The number of benzene rings is 2. The number of carbonyl (C=O) groups excluding carboxylic acids is 2. The molecule has 0 bridgehead atoms. The molecule has 15 nitrogen and oxygen atoms in total. The van der Waals surface area contributed by atoms with Crippen molar-refractivity contribution in [2.75, 3.05) is 78.3 Å². The lowest BCUT2D eigenvalue weighted by atomic mass is 9.90. The summed E-state index contributed by atoms with van der Waals surface area (Å²) in [7, 11) is 1.53. The van der Waals surface area contributed by atoms with E-state index < -0.39 is 0 Å². The Bertz CT molecular complexity index is 2690. The highest BCUT2D eigenvalue weighted by atomic mass is 16.5. The molecule has 2 fully saturated rings. The Labute approximate surface area is 386 Å². The number of nitrogens with one attached hydrogen (secondary N) is 2. The number of anilines is 6. The number of aliphatic hydroxyl groups is 1. The van der Waals surface area contributed by atoms with Crippen molar-refractivity contribution in [1.82, 2.24) is 24.4 Å². The molecule has 66 heavy (non-hydrogen) atoms. The summed E-state index contributed by atoms with van der Waals surface area (Å²) in [6, 6.07) is 17.3. The minimum Gasteiger partial charge on any atom is -0.478 e. The maximum Gasteiger partial charge on any atom is 0.276 e. The van der Waals surface area contributed by atoms with Gasteiger partial charge in [-0.15, -0.1) is 0 Å². The van der Waals surface area contributed by atoms with Gasteiger partial charge >= 0.3 is 0 Å². The van der Waals surface area contributed by atoms with Crippen LogP contribution in [0.1, 0.15) is 72.0 Å². The molecule has 2 saturated heterocycles. The molecule has 0 spiro atoms. The number of piperazine rings is 1. The van der Waals surface area contributed by atoms with E-state index >= 15 is 0 Å². The summed E-state index contributed by atoms with van der Waals surface area (Å²) in [5, 5.41) is 17.3. The van der Waals surface area contributed by atoms with Crippen LogP contribution in [0, 0.1) is 5.41 Å². The van der Waals surface area contributed by atoms with Gasteiger partial charge in [0.15, 0.2) is 5.82 Å². The van der Waals surface area contributed by atoms with Gasteiger partial charge in [0, 0.05) is 92.3 Å². The summed E-state index contributed by atoms with van der Waals surface area (Å²) in [5.41, 5.74) is 11.1. The van der Waals surface area contributed by atoms with Gasteiger partial charge < -0.3 is 39.6 Å². The topological polar surface area (TPSA) is 153 Å². The second-order valence-electron chi connectivity index (χ2n) is 19.1. The van der Waals surface area contributed by atoms with E-state index in [1.54, 1.807) is 23.4 Å². The van der Waals surface area contributed by atoms with Crippen LogP contribution in [0.2, 0.25) is 0 Å². The van der Waals surface area contributed by atoms with Gasteiger partial charge in [-0.3, -0.25) is 19.4 Å². The minimum atomic E-state index is -0.364. The third-order valence-electron chi connectivity index (χ3n) is 14.3. The monoisotopic (exact) mass is 892 g/mol. The van der Waals surface area contributed by atoms with Crippen molar-refractivity contribution < 1.29 is 24.2 Å². The van der Waals surface area contributed by atoms with Crippen LogP contribution >= 0.6 is 0 Å². The second-order valence-corrected chi connectivity index (χ2v) is 19.1. The quantitative estimate of drug-likeness (QED) is 0.120. The molecule has 0 saturated carbocycles. The number of carbonyl (C=O) groups is 2. The number of methoxy groups -OCH3 is 1. The number of aromatic nitrogens is 4. The number of aliphatic hydroxyl groups excluding tert-OH is 1. The summed E-state index contributed by atoms with van der Waals surface area (Å²) < 4.78 is 13.5. The fourth-order valence-electron chi connectivity index (χ4n) is 11.0. The molecule has 1 unspecified atom stereocenters. The maximum atomic E-state index is 14.0. The lowest BCUT2D eigenvalue weighted by molar-refractivity contribution is -0.111. The van der Waals surface area contributed by atoms with Crippen molar-refractivity contribution in [3.63, 3.8) is 0 Å². The van der Waals surface area contributed by atoms with Crippen molar-refractivity contribution in [1.29, 1.82) is 0 Å². The molecule has 3 N–H and O–H groups in total. The Morgan fingerprint density at radius 2 is 1.85 bits per heavy atom. The first-order chi connectivity index (χ1) is 32.0. The highest BCUT2D eigenvalue weighted by Crippen LogP contribution is 2.41. The van der Waals surface area contributed by atoms with E-state index in [-0.39, 0.29) is 35.8 Å². The number of ether oxygens (including phenoxy) is 2. The summed E-state index contributed by atoms with van der Waals surface area (Å²) in [5.74, 6) is 0.553. The van der Waals surface area contributed by atoms with Crippen molar-refractivity contribution in [2.24, 2.45) is 5.41 Å². The average Bonchev–Trinajstić information content (AvgIpc) is 3.83. The third-order valence-corrected chi connectivity index (χ3v) is 14.3. The van der Waals surface area contributed by atoms with Crippen molar-refractivity contribution >= 4 is 46.2 Å². The van der Waals surface area contributed by atoms with Crippen molar-refractivity contribution in [3.05, 3.63) is 107 Å². The van der Waals surface area contributed by atoms with Gasteiger partial charge in [-0.1, -0.05) is 26.5 Å². The molecule has 1 atom stereocenters. The number of amides is 2. The van der Waals surface area contributed by atoms with E-state index in [9.17, 15) is 14.7 Å². The first kappa shape index (κ1) is 43.6. The number of rotatable bonds is 11. The number of hydrogen-bond acceptors (Lipinski definition) is 12. The molecule has 2 aromatic carbocycles. The molecule has 15 heteroatoms. The molecular weight excluding hydrogens is 833 g/mol. The van der Waals surface area contributed by atoms with Gasteiger partial charge in [-0.05, 0) is 110 Å². The Morgan fingerprint density at radius 1 is 1.00 bits per heavy atom. The predicted molar refractivity (Wildman–Crippen MR) is 257 cm³/mol. The smallest absolute Gasteiger partial charge is 0.276 e. The zero-order chi connectivity index (χ0) is 45.7. The molecule has 4 aliphatic heterocycles. The fraction of sp³-hybridized carbons (Fsp3) is 0.431. The number of piperidine rings is 1. The number of fused-ring (bicyclic) bond motifs is 4. The lowest BCUT2D eigenvalue weighted by Gasteiger charge is -2.47. The van der Waals surface area contributed by atoms with E-state index in [0.29, 0.717) is 71.3 Å². The summed E-state index contributed by atoms with van der Waals surface area (Å²) >= 11 is 0. The minimum absolute atomic E-state index is 0.135. The fourth-order valence-corrected chi connectivity index (χ4v) is 11.0. The van der Waals surface area contributed by atoms with Crippen LogP contribution in [0.15, 0.2) is 73.6 Å². The van der Waals surface area contributed by atoms with E-state index in [4.69, 9.17) is 14.5 Å². The van der Waals surface area contributed by atoms with Crippen LogP contribution in [0.5, 0.6) is 5.88 Å². The molecule has 5 aromatic rings. The van der Waals surface area contributed by atoms with Crippen LogP contribution in [-0.2, 0) is 48.6 Å². The Morgan fingerprint density at radius 3 is 2.64 bits per heavy atom. The number of nitrogens with zero attached hydrogens (tertiary/aromatic N) is 8. The Hall–Kier alpha value is -6.29.